The molecule has 0 saturated carbocycles. The number of aryl methyl sites for hydroxylation is 2. The fraction of sp³-hybridized carbons (Fsp3) is 0.167. The molecule has 0 aliphatic carbocycles. The van der Waals surface area contributed by atoms with Crippen molar-refractivity contribution in [3.05, 3.63) is 46.2 Å². The summed E-state index contributed by atoms with van der Waals surface area (Å²) in [4.78, 5) is 0. The van der Waals surface area contributed by atoms with Crippen LogP contribution in [0.5, 0.6) is 0 Å². The first-order valence-electron chi connectivity index (χ1n) is 4.38. The number of rotatable bonds is 1. The highest BCUT2D eigenvalue weighted by Gasteiger charge is 2.03. The van der Waals surface area contributed by atoms with Crippen molar-refractivity contribution in [1.29, 1.82) is 0 Å². The van der Waals surface area contributed by atoms with Gasteiger partial charge in [0.1, 0.15) is 0 Å². The molecule has 1 heteroatoms. The van der Waals surface area contributed by atoms with Crippen LogP contribution in [0.1, 0.15) is 11.1 Å². The molecule has 0 fully saturated rings. The number of thiophene rings is 1. The van der Waals surface area contributed by atoms with Crippen molar-refractivity contribution in [3.8, 4) is 11.1 Å². The first-order chi connectivity index (χ1) is 6.29. The lowest BCUT2D eigenvalue weighted by atomic mass is 10.0. The Labute approximate surface area is 82.9 Å². The van der Waals surface area contributed by atoms with Crippen LogP contribution in [-0.4, -0.2) is 0 Å². The van der Waals surface area contributed by atoms with Gasteiger partial charge in [0, 0.05) is 0 Å². The van der Waals surface area contributed by atoms with Crippen molar-refractivity contribution in [2.24, 2.45) is 0 Å². The van der Waals surface area contributed by atoms with Gasteiger partial charge >= 0.3 is 0 Å². The zero-order chi connectivity index (χ0) is 9.26. The lowest BCUT2D eigenvalue weighted by Crippen LogP contribution is -1.81. The van der Waals surface area contributed by atoms with Gasteiger partial charge in [-0.2, -0.15) is 11.3 Å². The van der Waals surface area contributed by atoms with Gasteiger partial charge in [0.25, 0.3) is 0 Å². The molecule has 0 unspecified atom stereocenters. The van der Waals surface area contributed by atoms with E-state index in [2.05, 4.69) is 48.9 Å². The van der Waals surface area contributed by atoms with E-state index in [0.717, 1.165) is 0 Å². The highest BCUT2D eigenvalue weighted by Crippen LogP contribution is 2.28. The Morgan fingerprint density at radius 1 is 0.846 bits per heavy atom. The van der Waals surface area contributed by atoms with Crippen molar-refractivity contribution in [3.63, 3.8) is 0 Å². The van der Waals surface area contributed by atoms with Crippen LogP contribution in [0.2, 0.25) is 0 Å². The summed E-state index contributed by atoms with van der Waals surface area (Å²) in [5, 5.41) is 4.42. The third kappa shape index (κ3) is 1.52. The maximum Gasteiger partial charge on any atom is -0.00119 e. The zero-order valence-electron chi connectivity index (χ0n) is 7.87. The summed E-state index contributed by atoms with van der Waals surface area (Å²) >= 11 is 1.77. The van der Waals surface area contributed by atoms with Crippen LogP contribution in [0, 0.1) is 13.8 Å². The van der Waals surface area contributed by atoms with Crippen LogP contribution in [0.15, 0.2) is 35.0 Å². The van der Waals surface area contributed by atoms with E-state index in [9.17, 15) is 0 Å². The number of hydrogen-bond acceptors (Lipinski definition) is 1. The molecule has 0 spiro atoms. The summed E-state index contributed by atoms with van der Waals surface area (Å²) < 4.78 is 0. The minimum Gasteiger partial charge on any atom is -0.151 e. The van der Waals surface area contributed by atoms with Gasteiger partial charge in [0.15, 0.2) is 0 Å². The maximum atomic E-state index is 2.22. The van der Waals surface area contributed by atoms with Gasteiger partial charge in [-0.15, -0.1) is 0 Å². The molecule has 13 heavy (non-hydrogen) atoms. The van der Waals surface area contributed by atoms with E-state index < -0.39 is 0 Å². The Hall–Kier alpha value is -1.08. The summed E-state index contributed by atoms with van der Waals surface area (Å²) in [6, 6.07) is 8.52. The Bertz CT molecular complexity index is 413. The molecular weight excluding hydrogens is 176 g/mol. The van der Waals surface area contributed by atoms with Crippen LogP contribution in [-0.2, 0) is 0 Å². The predicted molar refractivity (Wildman–Crippen MR) is 59.2 cm³/mol. The van der Waals surface area contributed by atoms with Gasteiger partial charge in [-0.25, -0.2) is 0 Å². The van der Waals surface area contributed by atoms with Gasteiger partial charge in [-0.3, -0.25) is 0 Å². The van der Waals surface area contributed by atoms with E-state index in [-0.39, 0.29) is 0 Å². The Kier molecular flexibility index (Phi) is 2.19. The molecular formula is C12H12S. The molecule has 0 aliphatic heterocycles. The second kappa shape index (κ2) is 3.35. The third-order valence-corrected chi connectivity index (χ3v) is 3.15. The van der Waals surface area contributed by atoms with Gasteiger partial charge in [0.05, 0.1) is 0 Å². The van der Waals surface area contributed by atoms with E-state index in [0.29, 0.717) is 0 Å². The average Bonchev–Trinajstić information content (AvgIpc) is 2.52. The largest absolute Gasteiger partial charge is 0.151 e. The SMILES string of the molecule is Cc1ccccc1-c1cscc1C. The lowest BCUT2D eigenvalue weighted by Gasteiger charge is -2.03. The zero-order valence-corrected chi connectivity index (χ0v) is 8.69. The lowest BCUT2D eigenvalue weighted by molar-refractivity contribution is 1.44. The smallest absolute Gasteiger partial charge is 0.00119 e. The maximum absolute atomic E-state index is 2.22. The first-order valence-corrected chi connectivity index (χ1v) is 5.32. The summed E-state index contributed by atoms with van der Waals surface area (Å²) in [5.74, 6) is 0. The fourth-order valence-electron chi connectivity index (χ4n) is 1.51. The van der Waals surface area contributed by atoms with E-state index >= 15 is 0 Å². The molecule has 66 valence electrons. The first kappa shape index (κ1) is 8.52. The molecule has 2 rings (SSSR count). The molecule has 1 aromatic carbocycles. The average molecular weight is 188 g/mol. The topological polar surface area (TPSA) is 0 Å². The molecule has 0 atom stereocenters. The minimum atomic E-state index is 1.35. The highest BCUT2D eigenvalue weighted by atomic mass is 32.1. The highest BCUT2D eigenvalue weighted by molar-refractivity contribution is 7.08. The van der Waals surface area contributed by atoms with Crippen molar-refractivity contribution < 1.29 is 0 Å². The van der Waals surface area contributed by atoms with Gasteiger partial charge in [0.2, 0.25) is 0 Å². The molecule has 0 nitrogen and oxygen atoms in total. The van der Waals surface area contributed by atoms with E-state index in [4.69, 9.17) is 0 Å². The molecule has 0 aliphatic rings. The van der Waals surface area contributed by atoms with Crippen LogP contribution < -0.4 is 0 Å². The van der Waals surface area contributed by atoms with Crippen LogP contribution in [0.3, 0.4) is 0 Å². The van der Waals surface area contributed by atoms with E-state index in [1.165, 1.54) is 22.3 Å². The molecule has 1 heterocycles. The fourth-order valence-corrected chi connectivity index (χ4v) is 2.36. The predicted octanol–water partition coefficient (Wildman–Crippen LogP) is 4.03. The summed E-state index contributed by atoms with van der Waals surface area (Å²) in [6.45, 7) is 4.32. The van der Waals surface area contributed by atoms with Crippen molar-refractivity contribution in [2.45, 2.75) is 13.8 Å². The van der Waals surface area contributed by atoms with Crippen LogP contribution in [0.25, 0.3) is 11.1 Å². The van der Waals surface area contributed by atoms with Crippen molar-refractivity contribution >= 4 is 11.3 Å². The second-order valence-electron chi connectivity index (χ2n) is 3.28. The summed E-state index contributed by atoms with van der Waals surface area (Å²) in [7, 11) is 0. The number of benzene rings is 1. The third-order valence-electron chi connectivity index (χ3n) is 2.29. The summed E-state index contributed by atoms with van der Waals surface area (Å²) in [5.41, 5.74) is 5.47. The molecule has 2 aromatic rings. The van der Waals surface area contributed by atoms with E-state index in [1.54, 1.807) is 11.3 Å². The Morgan fingerprint density at radius 3 is 2.23 bits per heavy atom. The molecule has 0 N–H and O–H groups in total. The second-order valence-corrected chi connectivity index (χ2v) is 4.03. The standard InChI is InChI=1S/C12H12S/c1-9-5-3-4-6-11(9)12-8-13-7-10(12)2/h3-8H,1-2H3. The summed E-state index contributed by atoms with van der Waals surface area (Å²) in [6.07, 6.45) is 0. The van der Waals surface area contributed by atoms with Crippen molar-refractivity contribution in [2.75, 3.05) is 0 Å². The number of hydrogen-bond donors (Lipinski definition) is 0. The van der Waals surface area contributed by atoms with Crippen LogP contribution in [0.4, 0.5) is 0 Å². The molecule has 0 saturated heterocycles. The molecule has 0 bridgehead atoms. The normalized spacial score (nSPS) is 10.3. The molecule has 0 radical (unpaired) electrons. The van der Waals surface area contributed by atoms with Gasteiger partial charge in [-0.05, 0) is 46.9 Å². The minimum absolute atomic E-state index is 1.35. The van der Waals surface area contributed by atoms with E-state index in [1.807, 2.05) is 0 Å². The molecule has 1 aromatic heterocycles. The molecule has 0 amide bonds. The quantitative estimate of drug-likeness (QED) is 0.633. The van der Waals surface area contributed by atoms with Gasteiger partial charge < -0.3 is 0 Å². The van der Waals surface area contributed by atoms with Crippen LogP contribution >= 0.6 is 11.3 Å². The Morgan fingerprint density at radius 2 is 1.62 bits per heavy atom. The van der Waals surface area contributed by atoms with Crippen molar-refractivity contribution in [1.82, 2.24) is 0 Å². The monoisotopic (exact) mass is 188 g/mol. The Balaban J connectivity index is 2.59. The van der Waals surface area contributed by atoms with Gasteiger partial charge in [-0.1, -0.05) is 24.3 Å².